The number of carbonyl (C=O) groups excluding carboxylic acids is 1. The van der Waals surface area contributed by atoms with Crippen LogP contribution in [0.2, 0.25) is 0 Å². The zero-order valence-corrected chi connectivity index (χ0v) is 16.4. The molecule has 0 aliphatic heterocycles. The van der Waals surface area contributed by atoms with Gasteiger partial charge >= 0.3 is 0 Å². The standard InChI is InChI=1S/C22H23F2N3O2/c1-3-19(26-29)16-8-10-27-20(14-25-21(27)13-16)17-6-4-5-15(11-17)12-18(28)7-9-22(2,23)24/h4-6,8,10-11,13-14,29H,3,7,9,12H2,1-2H3. The molecule has 0 atom stereocenters. The Labute approximate surface area is 167 Å². The second-order valence-electron chi connectivity index (χ2n) is 7.17. The summed E-state index contributed by atoms with van der Waals surface area (Å²) in [6, 6.07) is 11.2. The van der Waals surface area contributed by atoms with Crippen molar-refractivity contribution in [2.45, 2.75) is 45.5 Å². The molecule has 5 nitrogen and oxygen atoms in total. The first-order chi connectivity index (χ1) is 13.8. The summed E-state index contributed by atoms with van der Waals surface area (Å²) in [4.78, 5) is 16.5. The minimum Gasteiger partial charge on any atom is -0.411 e. The second kappa shape index (κ2) is 8.51. The number of ketones is 1. The van der Waals surface area contributed by atoms with Crippen molar-refractivity contribution in [3.8, 4) is 11.3 Å². The fourth-order valence-electron chi connectivity index (χ4n) is 3.22. The molecule has 0 amide bonds. The summed E-state index contributed by atoms with van der Waals surface area (Å²) >= 11 is 0. The molecule has 0 radical (unpaired) electrons. The van der Waals surface area contributed by atoms with Gasteiger partial charge in [-0.3, -0.25) is 9.20 Å². The number of oxime groups is 1. The molecule has 3 rings (SSSR count). The summed E-state index contributed by atoms with van der Waals surface area (Å²) in [6.07, 6.45) is 3.74. The number of imidazole rings is 1. The Morgan fingerprint density at radius 1 is 1.28 bits per heavy atom. The molecule has 1 N–H and O–H groups in total. The van der Waals surface area contributed by atoms with E-state index >= 15 is 0 Å². The molecule has 0 aliphatic carbocycles. The van der Waals surface area contributed by atoms with Gasteiger partial charge in [-0.25, -0.2) is 13.8 Å². The number of benzene rings is 1. The number of hydrogen-bond donors (Lipinski definition) is 1. The highest BCUT2D eigenvalue weighted by atomic mass is 19.3. The number of alkyl halides is 2. The van der Waals surface area contributed by atoms with Gasteiger partial charge in [-0.15, -0.1) is 0 Å². The third-order valence-electron chi connectivity index (χ3n) is 4.77. The van der Waals surface area contributed by atoms with E-state index in [2.05, 4.69) is 10.1 Å². The number of aromatic nitrogens is 2. The lowest BCUT2D eigenvalue weighted by molar-refractivity contribution is -0.120. The lowest BCUT2D eigenvalue weighted by Gasteiger charge is -2.09. The third-order valence-corrected chi connectivity index (χ3v) is 4.77. The average molecular weight is 399 g/mol. The number of carbonyl (C=O) groups is 1. The van der Waals surface area contributed by atoms with Gasteiger partial charge < -0.3 is 5.21 Å². The molecule has 29 heavy (non-hydrogen) atoms. The Kier molecular flexibility index (Phi) is 6.06. The highest BCUT2D eigenvalue weighted by Gasteiger charge is 2.22. The van der Waals surface area contributed by atoms with Crippen LogP contribution in [0.25, 0.3) is 16.9 Å². The molecule has 0 unspecified atom stereocenters. The van der Waals surface area contributed by atoms with Crippen LogP contribution in [0.1, 0.15) is 44.2 Å². The summed E-state index contributed by atoms with van der Waals surface area (Å²) < 4.78 is 27.8. The van der Waals surface area contributed by atoms with Crippen molar-refractivity contribution in [2.75, 3.05) is 0 Å². The highest BCUT2D eigenvalue weighted by Crippen LogP contribution is 2.24. The summed E-state index contributed by atoms with van der Waals surface area (Å²) in [5, 5.41) is 12.4. The molecule has 1 aromatic carbocycles. The summed E-state index contributed by atoms with van der Waals surface area (Å²) in [6.45, 7) is 2.73. The van der Waals surface area contributed by atoms with Crippen LogP contribution in [0.4, 0.5) is 8.78 Å². The molecular formula is C22H23F2N3O2. The Morgan fingerprint density at radius 3 is 2.76 bits per heavy atom. The average Bonchev–Trinajstić information content (AvgIpc) is 3.10. The highest BCUT2D eigenvalue weighted by molar-refractivity contribution is 6.00. The van der Waals surface area contributed by atoms with E-state index in [1.165, 1.54) is 0 Å². The number of nitrogens with zero attached hydrogens (tertiary/aromatic N) is 3. The molecule has 0 bridgehead atoms. The van der Waals surface area contributed by atoms with E-state index in [9.17, 15) is 13.6 Å². The molecule has 0 spiro atoms. The molecule has 0 aliphatic rings. The quantitative estimate of drug-likeness (QED) is 0.324. The molecule has 0 saturated carbocycles. The van der Waals surface area contributed by atoms with E-state index in [0.29, 0.717) is 17.8 Å². The molecule has 2 heterocycles. The Bertz CT molecular complexity index is 1050. The van der Waals surface area contributed by atoms with Gasteiger partial charge in [-0.2, -0.15) is 0 Å². The fraction of sp³-hybridized carbons (Fsp3) is 0.318. The van der Waals surface area contributed by atoms with Crippen molar-refractivity contribution in [3.05, 3.63) is 59.9 Å². The van der Waals surface area contributed by atoms with Gasteiger partial charge in [0.15, 0.2) is 0 Å². The van der Waals surface area contributed by atoms with Gasteiger partial charge in [-0.1, -0.05) is 30.3 Å². The zero-order chi connectivity index (χ0) is 21.0. The van der Waals surface area contributed by atoms with Crippen LogP contribution in [-0.4, -0.2) is 32.0 Å². The van der Waals surface area contributed by atoms with Crippen LogP contribution < -0.4 is 0 Å². The van der Waals surface area contributed by atoms with Gasteiger partial charge in [0.1, 0.15) is 11.4 Å². The number of fused-ring (bicyclic) bond motifs is 1. The van der Waals surface area contributed by atoms with E-state index in [-0.39, 0.29) is 18.6 Å². The van der Waals surface area contributed by atoms with Gasteiger partial charge in [0, 0.05) is 36.6 Å². The number of halogens is 2. The van der Waals surface area contributed by atoms with Crippen LogP contribution >= 0.6 is 0 Å². The first kappa shape index (κ1) is 20.6. The van der Waals surface area contributed by atoms with E-state index in [1.54, 1.807) is 6.20 Å². The van der Waals surface area contributed by atoms with Crippen LogP contribution in [0.5, 0.6) is 0 Å². The monoisotopic (exact) mass is 399 g/mol. The van der Waals surface area contributed by atoms with Crippen molar-refractivity contribution in [1.82, 2.24) is 9.38 Å². The van der Waals surface area contributed by atoms with E-state index in [0.717, 1.165) is 29.3 Å². The maximum atomic E-state index is 13.0. The summed E-state index contributed by atoms with van der Waals surface area (Å²) in [5.41, 5.74) is 4.59. The van der Waals surface area contributed by atoms with E-state index < -0.39 is 12.3 Å². The first-order valence-corrected chi connectivity index (χ1v) is 9.48. The lowest BCUT2D eigenvalue weighted by Crippen LogP contribution is -2.13. The zero-order valence-electron chi connectivity index (χ0n) is 16.4. The summed E-state index contributed by atoms with van der Waals surface area (Å²) in [5.74, 6) is -3.03. The lowest BCUT2D eigenvalue weighted by atomic mass is 10.0. The molecule has 0 fully saturated rings. The molecule has 3 aromatic rings. The fourth-order valence-corrected chi connectivity index (χ4v) is 3.22. The number of hydrogen-bond acceptors (Lipinski definition) is 4. The smallest absolute Gasteiger partial charge is 0.245 e. The maximum absolute atomic E-state index is 13.0. The maximum Gasteiger partial charge on any atom is 0.245 e. The minimum absolute atomic E-state index is 0.123. The van der Waals surface area contributed by atoms with Crippen molar-refractivity contribution >= 4 is 17.1 Å². The number of rotatable bonds is 8. The van der Waals surface area contributed by atoms with Crippen molar-refractivity contribution in [3.63, 3.8) is 0 Å². The van der Waals surface area contributed by atoms with Crippen molar-refractivity contribution in [2.24, 2.45) is 5.16 Å². The Morgan fingerprint density at radius 2 is 2.07 bits per heavy atom. The predicted octanol–water partition coefficient (Wildman–Crippen LogP) is 5.14. The SMILES string of the molecule is CCC(=NO)c1ccn2c(-c3cccc(CC(=O)CCC(C)(F)F)c3)cnc2c1. The molecule has 7 heteroatoms. The van der Waals surface area contributed by atoms with E-state index in [1.807, 2.05) is 53.9 Å². The van der Waals surface area contributed by atoms with Crippen LogP contribution in [0.3, 0.4) is 0 Å². The number of Topliss-reactive ketones (excluding diaryl/α,β-unsaturated/α-hetero) is 1. The molecule has 0 saturated heterocycles. The minimum atomic E-state index is -2.83. The largest absolute Gasteiger partial charge is 0.411 e. The van der Waals surface area contributed by atoms with Crippen LogP contribution in [0, 0.1) is 0 Å². The van der Waals surface area contributed by atoms with Crippen LogP contribution in [-0.2, 0) is 11.2 Å². The van der Waals surface area contributed by atoms with Crippen molar-refractivity contribution < 1.29 is 18.8 Å². The van der Waals surface area contributed by atoms with Crippen molar-refractivity contribution in [1.29, 1.82) is 0 Å². The second-order valence-corrected chi connectivity index (χ2v) is 7.17. The Hall–Kier alpha value is -3.09. The van der Waals surface area contributed by atoms with Gasteiger partial charge in [0.25, 0.3) is 0 Å². The third kappa shape index (κ3) is 5.04. The molecule has 152 valence electrons. The number of pyridine rings is 1. The first-order valence-electron chi connectivity index (χ1n) is 9.48. The predicted molar refractivity (Wildman–Crippen MR) is 108 cm³/mol. The molecule has 2 aromatic heterocycles. The van der Waals surface area contributed by atoms with Gasteiger partial charge in [0.2, 0.25) is 5.92 Å². The van der Waals surface area contributed by atoms with E-state index in [4.69, 9.17) is 5.21 Å². The van der Waals surface area contributed by atoms with Gasteiger partial charge in [0.05, 0.1) is 17.6 Å². The Balaban J connectivity index is 1.83. The molecular weight excluding hydrogens is 376 g/mol. The van der Waals surface area contributed by atoms with Crippen LogP contribution in [0.15, 0.2) is 53.9 Å². The van der Waals surface area contributed by atoms with Gasteiger partial charge in [-0.05, 0) is 37.1 Å². The topological polar surface area (TPSA) is 67.0 Å². The normalized spacial score (nSPS) is 12.5. The summed E-state index contributed by atoms with van der Waals surface area (Å²) in [7, 11) is 0.